The quantitative estimate of drug-likeness (QED) is 0.571. The number of rotatable bonds is 8. The van der Waals surface area contributed by atoms with Crippen LogP contribution in [0.15, 0.2) is 79.1 Å². The summed E-state index contributed by atoms with van der Waals surface area (Å²) in [6, 6.07) is 21.7. The number of hydrogen-bond donors (Lipinski definition) is 0. The molecule has 3 aromatic rings. The number of amides is 1. The molecule has 0 unspecified atom stereocenters. The van der Waals surface area contributed by atoms with Crippen LogP contribution in [0, 0.1) is 0 Å². The van der Waals surface area contributed by atoms with Gasteiger partial charge in [0.05, 0.1) is 0 Å². The molecular formula is C24H26N2O2. The summed E-state index contributed by atoms with van der Waals surface area (Å²) >= 11 is 0. The van der Waals surface area contributed by atoms with E-state index in [0.717, 1.165) is 18.4 Å². The van der Waals surface area contributed by atoms with Gasteiger partial charge in [-0.1, -0.05) is 49.4 Å². The topological polar surface area (TPSA) is 42.4 Å². The molecule has 28 heavy (non-hydrogen) atoms. The molecule has 1 heterocycles. The van der Waals surface area contributed by atoms with E-state index in [4.69, 9.17) is 4.74 Å². The van der Waals surface area contributed by atoms with Crippen molar-refractivity contribution in [2.45, 2.75) is 32.4 Å². The van der Waals surface area contributed by atoms with Gasteiger partial charge in [-0.25, -0.2) is 0 Å². The Kier molecular flexibility index (Phi) is 6.79. The molecule has 1 aromatic heterocycles. The van der Waals surface area contributed by atoms with Gasteiger partial charge in [-0.2, -0.15) is 0 Å². The van der Waals surface area contributed by atoms with E-state index < -0.39 is 0 Å². The van der Waals surface area contributed by atoms with Gasteiger partial charge in [0, 0.05) is 36.6 Å². The molecule has 4 heteroatoms. The highest BCUT2D eigenvalue weighted by molar-refractivity contribution is 5.94. The van der Waals surface area contributed by atoms with Crippen LogP contribution in [0.5, 0.6) is 5.75 Å². The van der Waals surface area contributed by atoms with Crippen molar-refractivity contribution in [1.82, 2.24) is 9.88 Å². The first-order valence-electron chi connectivity index (χ1n) is 9.60. The molecular weight excluding hydrogens is 348 g/mol. The van der Waals surface area contributed by atoms with Gasteiger partial charge < -0.3 is 9.64 Å². The molecule has 0 bridgehead atoms. The minimum atomic E-state index is 0.00890. The van der Waals surface area contributed by atoms with Crippen LogP contribution >= 0.6 is 0 Å². The lowest BCUT2D eigenvalue weighted by atomic mass is 10.0. The van der Waals surface area contributed by atoms with Crippen LogP contribution in [-0.2, 0) is 13.0 Å². The van der Waals surface area contributed by atoms with Crippen LogP contribution in [0.2, 0.25) is 0 Å². The first kappa shape index (κ1) is 19.6. The van der Waals surface area contributed by atoms with Crippen molar-refractivity contribution in [3.63, 3.8) is 0 Å². The van der Waals surface area contributed by atoms with E-state index in [1.165, 1.54) is 5.56 Å². The van der Waals surface area contributed by atoms with Crippen LogP contribution in [0.3, 0.4) is 0 Å². The summed E-state index contributed by atoms with van der Waals surface area (Å²) in [5, 5.41) is 0. The lowest BCUT2D eigenvalue weighted by Crippen LogP contribution is -2.38. The average molecular weight is 374 g/mol. The third-order valence-electron chi connectivity index (χ3n) is 4.86. The van der Waals surface area contributed by atoms with Crippen LogP contribution in [0.4, 0.5) is 0 Å². The molecule has 0 saturated heterocycles. The van der Waals surface area contributed by atoms with Crippen molar-refractivity contribution in [3.05, 3.63) is 95.8 Å². The number of aromatic nitrogens is 1. The SMILES string of the molecule is CC[C@H](Cc1ccccc1)N(C)C(=O)c1cccc(OCc2cccnc2)c1. The number of benzene rings is 2. The van der Waals surface area contributed by atoms with Crippen molar-refractivity contribution in [3.8, 4) is 5.75 Å². The summed E-state index contributed by atoms with van der Waals surface area (Å²) < 4.78 is 5.83. The van der Waals surface area contributed by atoms with E-state index in [1.54, 1.807) is 12.4 Å². The fraction of sp³-hybridized carbons (Fsp3) is 0.250. The minimum absolute atomic E-state index is 0.00890. The fourth-order valence-corrected chi connectivity index (χ4v) is 3.18. The fourth-order valence-electron chi connectivity index (χ4n) is 3.18. The molecule has 1 amide bonds. The molecule has 0 spiro atoms. The average Bonchev–Trinajstić information content (AvgIpc) is 2.76. The van der Waals surface area contributed by atoms with E-state index in [1.807, 2.05) is 66.5 Å². The molecule has 144 valence electrons. The van der Waals surface area contributed by atoms with E-state index >= 15 is 0 Å². The number of likely N-dealkylation sites (N-methyl/N-ethyl adjacent to an activating group) is 1. The molecule has 0 aliphatic carbocycles. The van der Waals surface area contributed by atoms with Gasteiger partial charge in [0.15, 0.2) is 0 Å². The Labute approximate surface area is 166 Å². The molecule has 0 fully saturated rings. The van der Waals surface area contributed by atoms with Crippen LogP contribution in [0.25, 0.3) is 0 Å². The molecule has 0 radical (unpaired) electrons. The normalized spacial score (nSPS) is 11.6. The maximum atomic E-state index is 13.0. The predicted molar refractivity (Wildman–Crippen MR) is 111 cm³/mol. The van der Waals surface area contributed by atoms with Crippen molar-refractivity contribution in [1.29, 1.82) is 0 Å². The van der Waals surface area contributed by atoms with E-state index in [0.29, 0.717) is 17.9 Å². The number of nitrogens with zero attached hydrogens (tertiary/aromatic N) is 2. The third-order valence-corrected chi connectivity index (χ3v) is 4.86. The minimum Gasteiger partial charge on any atom is -0.489 e. The van der Waals surface area contributed by atoms with Crippen molar-refractivity contribution in [2.24, 2.45) is 0 Å². The Morgan fingerprint density at radius 2 is 1.82 bits per heavy atom. The largest absolute Gasteiger partial charge is 0.489 e. The Morgan fingerprint density at radius 1 is 1.04 bits per heavy atom. The second-order valence-corrected chi connectivity index (χ2v) is 6.85. The number of ether oxygens (including phenoxy) is 1. The lowest BCUT2D eigenvalue weighted by molar-refractivity contribution is 0.0726. The van der Waals surface area contributed by atoms with Gasteiger partial charge in [0.1, 0.15) is 12.4 Å². The molecule has 1 atom stereocenters. The summed E-state index contributed by atoms with van der Waals surface area (Å²) in [5.41, 5.74) is 2.87. The van der Waals surface area contributed by atoms with Gasteiger partial charge in [-0.15, -0.1) is 0 Å². The summed E-state index contributed by atoms with van der Waals surface area (Å²) in [7, 11) is 1.88. The highest BCUT2D eigenvalue weighted by Gasteiger charge is 2.20. The highest BCUT2D eigenvalue weighted by atomic mass is 16.5. The molecule has 3 rings (SSSR count). The third kappa shape index (κ3) is 5.19. The molecule has 0 saturated carbocycles. The van der Waals surface area contributed by atoms with Crippen molar-refractivity contribution >= 4 is 5.91 Å². The second-order valence-electron chi connectivity index (χ2n) is 6.85. The Hall–Kier alpha value is -3.14. The zero-order valence-electron chi connectivity index (χ0n) is 16.4. The highest BCUT2D eigenvalue weighted by Crippen LogP contribution is 2.19. The summed E-state index contributed by atoms with van der Waals surface area (Å²) in [5.74, 6) is 0.689. The number of pyridine rings is 1. The maximum absolute atomic E-state index is 13.0. The smallest absolute Gasteiger partial charge is 0.253 e. The van der Waals surface area contributed by atoms with Gasteiger partial charge >= 0.3 is 0 Å². The second kappa shape index (κ2) is 9.70. The monoisotopic (exact) mass is 374 g/mol. The zero-order chi connectivity index (χ0) is 19.8. The lowest BCUT2D eigenvalue weighted by Gasteiger charge is -2.27. The van der Waals surface area contributed by atoms with Crippen LogP contribution in [-0.4, -0.2) is 28.9 Å². The zero-order valence-corrected chi connectivity index (χ0v) is 16.4. The molecule has 2 aromatic carbocycles. The molecule has 0 aliphatic heterocycles. The van der Waals surface area contributed by atoms with E-state index in [2.05, 4.69) is 24.0 Å². The van der Waals surface area contributed by atoms with Crippen LogP contribution < -0.4 is 4.74 Å². The number of carbonyl (C=O) groups excluding carboxylic acids is 1. The molecule has 0 N–H and O–H groups in total. The van der Waals surface area contributed by atoms with Gasteiger partial charge in [0.25, 0.3) is 5.91 Å². The first-order chi connectivity index (χ1) is 13.7. The van der Waals surface area contributed by atoms with Crippen molar-refractivity contribution < 1.29 is 9.53 Å². The Balaban J connectivity index is 1.67. The number of carbonyl (C=O) groups is 1. The predicted octanol–water partition coefficient (Wildman–Crippen LogP) is 4.75. The standard InChI is InChI=1S/C24H26N2O2/c1-3-22(15-19-9-5-4-6-10-19)26(2)24(27)21-12-7-13-23(16-21)28-18-20-11-8-14-25-17-20/h4-14,16-17,22H,3,15,18H2,1-2H3/t22-/m1/s1. The summed E-state index contributed by atoms with van der Waals surface area (Å²) in [6.45, 7) is 2.54. The summed E-state index contributed by atoms with van der Waals surface area (Å²) in [6.07, 6.45) is 5.25. The Morgan fingerprint density at radius 3 is 2.54 bits per heavy atom. The maximum Gasteiger partial charge on any atom is 0.253 e. The van der Waals surface area contributed by atoms with Crippen molar-refractivity contribution in [2.75, 3.05) is 7.05 Å². The molecule has 4 nitrogen and oxygen atoms in total. The van der Waals surface area contributed by atoms with Gasteiger partial charge in [0.2, 0.25) is 0 Å². The van der Waals surface area contributed by atoms with Gasteiger partial charge in [-0.05, 0) is 42.7 Å². The Bertz CT molecular complexity index is 881. The first-order valence-corrected chi connectivity index (χ1v) is 9.60. The van der Waals surface area contributed by atoms with E-state index in [-0.39, 0.29) is 11.9 Å². The summed E-state index contributed by atoms with van der Waals surface area (Å²) in [4.78, 5) is 19.0. The molecule has 0 aliphatic rings. The van der Waals surface area contributed by atoms with E-state index in [9.17, 15) is 4.79 Å². The van der Waals surface area contributed by atoms with Gasteiger partial charge in [-0.3, -0.25) is 9.78 Å². The number of hydrogen-bond acceptors (Lipinski definition) is 3. The van der Waals surface area contributed by atoms with Crippen LogP contribution in [0.1, 0.15) is 34.8 Å².